The number of aliphatic imine (C=N–C) groups is 1. The molecule has 0 aromatic carbocycles. The largest absolute Gasteiger partial charge is 0.444 e. The van der Waals surface area contributed by atoms with Crippen molar-refractivity contribution in [1.29, 1.82) is 0 Å². The minimum atomic E-state index is -4.16. The molecule has 0 saturated carbocycles. The summed E-state index contributed by atoms with van der Waals surface area (Å²) in [7, 11) is 1.66. The maximum absolute atomic E-state index is 12.5. The van der Waals surface area contributed by atoms with Crippen LogP contribution in [0.1, 0.15) is 40.0 Å². The fraction of sp³-hybridized carbons (Fsp3) is 0.895. The highest BCUT2D eigenvalue weighted by atomic mass is 127. The van der Waals surface area contributed by atoms with Gasteiger partial charge in [-0.1, -0.05) is 0 Å². The van der Waals surface area contributed by atoms with Gasteiger partial charge in [-0.2, -0.15) is 13.2 Å². The van der Waals surface area contributed by atoms with Crippen molar-refractivity contribution in [2.24, 2.45) is 10.9 Å². The number of ether oxygens (including phenoxy) is 1. The molecule has 0 bridgehead atoms. The molecule has 176 valence electrons. The number of guanidine groups is 1. The molecule has 2 heterocycles. The molecule has 2 aliphatic rings. The molecule has 7 nitrogen and oxygen atoms in total. The topological polar surface area (TPSA) is 69.2 Å². The van der Waals surface area contributed by atoms with Crippen LogP contribution >= 0.6 is 24.0 Å². The number of amides is 1. The minimum absolute atomic E-state index is 0. The summed E-state index contributed by atoms with van der Waals surface area (Å²) < 4.78 is 43.0. The number of nitrogens with zero attached hydrogens (tertiary/aromatic N) is 3. The number of carbonyl (C=O) groups is 1. The van der Waals surface area contributed by atoms with E-state index in [1.54, 1.807) is 11.9 Å². The number of likely N-dealkylation sites (tertiary alicyclic amines) is 2. The Bertz CT molecular complexity index is 575. The van der Waals surface area contributed by atoms with Gasteiger partial charge in [0.1, 0.15) is 5.60 Å². The number of carbonyl (C=O) groups excluding carboxylic acids is 1. The summed E-state index contributed by atoms with van der Waals surface area (Å²) in [5.74, 6) is 1.01. The molecule has 2 rings (SSSR count). The Kier molecular flexibility index (Phi) is 10.4. The Balaban J connectivity index is 0.00000450. The fourth-order valence-electron chi connectivity index (χ4n) is 3.62. The second kappa shape index (κ2) is 11.6. The van der Waals surface area contributed by atoms with Gasteiger partial charge in [0.05, 0.1) is 6.54 Å². The Morgan fingerprint density at radius 1 is 1.13 bits per heavy atom. The van der Waals surface area contributed by atoms with Gasteiger partial charge in [0, 0.05) is 45.8 Å². The van der Waals surface area contributed by atoms with Crippen LogP contribution in [0.5, 0.6) is 0 Å². The van der Waals surface area contributed by atoms with Crippen LogP contribution in [0, 0.1) is 5.92 Å². The van der Waals surface area contributed by atoms with Gasteiger partial charge in [-0.25, -0.2) is 4.79 Å². The lowest BCUT2D eigenvalue weighted by Gasteiger charge is -2.33. The highest BCUT2D eigenvalue weighted by molar-refractivity contribution is 14.0. The predicted molar refractivity (Wildman–Crippen MR) is 121 cm³/mol. The lowest BCUT2D eigenvalue weighted by atomic mass is 9.97. The van der Waals surface area contributed by atoms with Crippen LogP contribution in [-0.4, -0.2) is 86.0 Å². The van der Waals surface area contributed by atoms with E-state index in [9.17, 15) is 18.0 Å². The molecule has 0 radical (unpaired) electrons. The number of alkyl halides is 3. The van der Waals surface area contributed by atoms with Crippen LogP contribution in [0.25, 0.3) is 0 Å². The van der Waals surface area contributed by atoms with Crippen LogP contribution in [0.4, 0.5) is 18.0 Å². The van der Waals surface area contributed by atoms with Crippen LogP contribution in [0.3, 0.4) is 0 Å². The molecular weight excluding hydrogens is 514 g/mol. The molecule has 0 aromatic heterocycles. The maximum Gasteiger partial charge on any atom is 0.410 e. The van der Waals surface area contributed by atoms with Gasteiger partial charge in [-0.15, -0.1) is 24.0 Å². The zero-order valence-electron chi connectivity index (χ0n) is 18.2. The first-order chi connectivity index (χ1) is 13.4. The van der Waals surface area contributed by atoms with E-state index in [1.165, 1.54) is 4.90 Å². The minimum Gasteiger partial charge on any atom is -0.444 e. The highest BCUT2D eigenvalue weighted by Gasteiger charge is 2.34. The van der Waals surface area contributed by atoms with Gasteiger partial charge < -0.3 is 20.3 Å². The summed E-state index contributed by atoms with van der Waals surface area (Å²) in [6.07, 6.45) is -2.04. The summed E-state index contributed by atoms with van der Waals surface area (Å²) >= 11 is 0. The van der Waals surface area contributed by atoms with Crippen LogP contribution in [-0.2, 0) is 4.74 Å². The molecule has 0 spiro atoms. The Morgan fingerprint density at radius 2 is 1.77 bits per heavy atom. The van der Waals surface area contributed by atoms with Crippen molar-refractivity contribution in [2.45, 2.75) is 57.9 Å². The first-order valence-electron chi connectivity index (χ1n) is 10.2. The summed E-state index contributed by atoms with van der Waals surface area (Å²) in [6.45, 7) is 7.50. The monoisotopic (exact) mass is 549 g/mol. The van der Waals surface area contributed by atoms with E-state index in [0.29, 0.717) is 51.0 Å². The Labute approximate surface area is 194 Å². The number of hydrogen-bond acceptors (Lipinski definition) is 4. The number of piperidine rings is 1. The molecule has 2 N–H and O–H groups in total. The third kappa shape index (κ3) is 9.88. The van der Waals surface area contributed by atoms with Crippen LogP contribution in [0.15, 0.2) is 4.99 Å². The Morgan fingerprint density at radius 3 is 2.30 bits per heavy atom. The van der Waals surface area contributed by atoms with E-state index in [1.807, 2.05) is 20.8 Å². The van der Waals surface area contributed by atoms with E-state index < -0.39 is 18.3 Å². The zero-order chi connectivity index (χ0) is 21.7. The van der Waals surface area contributed by atoms with E-state index in [0.717, 1.165) is 12.8 Å². The first-order valence-corrected chi connectivity index (χ1v) is 10.2. The molecule has 2 aliphatic heterocycles. The van der Waals surface area contributed by atoms with E-state index >= 15 is 0 Å². The summed E-state index contributed by atoms with van der Waals surface area (Å²) in [4.78, 5) is 19.5. The molecule has 1 atom stereocenters. The second-order valence-electron chi connectivity index (χ2n) is 8.84. The molecule has 1 unspecified atom stereocenters. The molecular formula is C19H35F3IN5O2. The molecule has 2 fully saturated rings. The SMILES string of the molecule is CN=C(NCC1CCN(C(=O)OC(C)(C)C)CC1)NC1CCN(CC(F)(F)F)C1.I. The number of hydrogen-bond donors (Lipinski definition) is 2. The van der Waals surface area contributed by atoms with Crippen molar-refractivity contribution < 1.29 is 22.7 Å². The van der Waals surface area contributed by atoms with Crippen molar-refractivity contribution in [3.05, 3.63) is 0 Å². The maximum atomic E-state index is 12.5. The molecule has 0 aliphatic carbocycles. The fourth-order valence-corrected chi connectivity index (χ4v) is 3.62. The lowest BCUT2D eigenvalue weighted by Crippen LogP contribution is -2.48. The van der Waals surface area contributed by atoms with E-state index in [-0.39, 0.29) is 36.1 Å². The number of rotatable bonds is 4. The molecule has 0 aromatic rings. The lowest BCUT2D eigenvalue weighted by molar-refractivity contribution is -0.143. The standard InChI is InChI=1S/C19H34F3N5O2.HI/c1-18(2,3)29-17(28)27-9-5-14(6-10-27)11-24-16(23-4)25-15-7-8-26(12-15)13-19(20,21)22;/h14-15H,5-13H2,1-4H3,(H2,23,24,25);1H. The van der Waals surface area contributed by atoms with Crippen molar-refractivity contribution in [3.63, 3.8) is 0 Å². The van der Waals surface area contributed by atoms with Crippen molar-refractivity contribution >= 4 is 36.0 Å². The van der Waals surface area contributed by atoms with Crippen LogP contribution < -0.4 is 10.6 Å². The molecule has 11 heteroatoms. The van der Waals surface area contributed by atoms with Gasteiger partial charge >= 0.3 is 12.3 Å². The molecule has 2 saturated heterocycles. The zero-order valence-corrected chi connectivity index (χ0v) is 20.5. The van der Waals surface area contributed by atoms with E-state index in [2.05, 4.69) is 15.6 Å². The molecule has 30 heavy (non-hydrogen) atoms. The van der Waals surface area contributed by atoms with Gasteiger partial charge in [0.25, 0.3) is 0 Å². The Hall–Kier alpha value is -0.980. The number of nitrogens with one attached hydrogen (secondary N) is 2. The van der Waals surface area contributed by atoms with Gasteiger partial charge in [0.2, 0.25) is 0 Å². The third-order valence-corrected chi connectivity index (χ3v) is 5.06. The normalized spacial score (nSPS) is 21.9. The smallest absolute Gasteiger partial charge is 0.410 e. The van der Waals surface area contributed by atoms with Gasteiger partial charge in [0.15, 0.2) is 5.96 Å². The second-order valence-corrected chi connectivity index (χ2v) is 8.84. The average molecular weight is 549 g/mol. The summed E-state index contributed by atoms with van der Waals surface area (Å²) in [5, 5.41) is 6.49. The van der Waals surface area contributed by atoms with Crippen molar-refractivity contribution in [2.75, 3.05) is 46.3 Å². The summed E-state index contributed by atoms with van der Waals surface area (Å²) in [6, 6.07) is -0.0439. The first kappa shape index (κ1) is 27.1. The van der Waals surface area contributed by atoms with Gasteiger partial charge in [-0.05, 0) is 46.0 Å². The number of halogens is 4. The quantitative estimate of drug-likeness (QED) is 0.321. The highest BCUT2D eigenvalue weighted by Crippen LogP contribution is 2.21. The predicted octanol–water partition coefficient (Wildman–Crippen LogP) is 3.05. The van der Waals surface area contributed by atoms with Crippen molar-refractivity contribution in [3.8, 4) is 0 Å². The third-order valence-electron chi connectivity index (χ3n) is 5.06. The van der Waals surface area contributed by atoms with Crippen LogP contribution in [0.2, 0.25) is 0 Å². The molecule has 1 amide bonds. The average Bonchev–Trinajstić information content (AvgIpc) is 3.02. The van der Waals surface area contributed by atoms with E-state index in [4.69, 9.17) is 4.74 Å². The van der Waals surface area contributed by atoms with Crippen molar-refractivity contribution in [1.82, 2.24) is 20.4 Å². The van der Waals surface area contributed by atoms with Gasteiger partial charge in [-0.3, -0.25) is 9.89 Å². The summed E-state index contributed by atoms with van der Waals surface area (Å²) in [5.41, 5.74) is -0.496.